The first-order chi connectivity index (χ1) is 8.96. The van der Waals surface area contributed by atoms with Crippen LogP contribution in [0.2, 0.25) is 0 Å². The van der Waals surface area contributed by atoms with Crippen molar-refractivity contribution in [3.05, 3.63) is 12.3 Å². The van der Waals surface area contributed by atoms with Gasteiger partial charge in [-0.15, -0.1) is 12.4 Å². The first kappa shape index (κ1) is 17.4. The van der Waals surface area contributed by atoms with Gasteiger partial charge in [0.2, 0.25) is 0 Å². The maximum atomic E-state index is 12.7. The fraction of sp³-hybridized carbons (Fsp3) is 0.750. The molecule has 0 spiro atoms. The Hall–Kier alpha value is -0.630. The molecule has 1 aromatic rings. The van der Waals surface area contributed by atoms with Crippen LogP contribution in [-0.2, 0) is 10.0 Å². The highest BCUT2D eigenvalue weighted by Gasteiger charge is 2.32. The average molecular weight is 323 g/mol. The molecule has 0 bridgehead atoms. The quantitative estimate of drug-likeness (QED) is 0.904. The number of aromatic nitrogens is 2. The zero-order valence-electron chi connectivity index (χ0n) is 11.9. The minimum absolute atomic E-state index is 0. The molecule has 0 aromatic carbocycles. The van der Waals surface area contributed by atoms with Crippen molar-refractivity contribution in [2.75, 3.05) is 19.6 Å². The van der Waals surface area contributed by atoms with Gasteiger partial charge in [0.15, 0.2) is 5.03 Å². The van der Waals surface area contributed by atoms with Gasteiger partial charge in [0, 0.05) is 19.1 Å². The summed E-state index contributed by atoms with van der Waals surface area (Å²) in [6.45, 7) is 5.47. The van der Waals surface area contributed by atoms with Gasteiger partial charge < -0.3 is 5.73 Å². The second-order valence-corrected chi connectivity index (χ2v) is 7.20. The zero-order valence-corrected chi connectivity index (χ0v) is 13.5. The molecular formula is C12H23ClN4O2S. The Bertz CT molecular complexity index is 529. The molecule has 0 aliphatic carbocycles. The molecule has 2 heterocycles. The Kier molecular flexibility index (Phi) is 6.00. The molecule has 1 aromatic heterocycles. The number of hydrogen-bond acceptors (Lipinski definition) is 4. The predicted molar refractivity (Wildman–Crippen MR) is 80.4 cm³/mol. The number of nitrogens with zero attached hydrogens (tertiary/aromatic N) is 3. The molecule has 1 saturated heterocycles. The van der Waals surface area contributed by atoms with Crippen molar-refractivity contribution in [1.82, 2.24) is 14.1 Å². The van der Waals surface area contributed by atoms with E-state index < -0.39 is 10.0 Å². The normalized spacial score (nSPS) is 20.9. The highest BCUT2D eigenvalue weighted by molar-refractivity contribution is 7.89. The van der Waals surface area contributed by atoms with Crippen molar-refractivity contribution >= 4 is 22.4 Å². The summed E-state index contributed by atoms with van der Waals surface area (Å²) in [6, 6.07) is 1.59. The van der Waals surface area contributed by atoms with Gasteiger partial charge in [-0.3, -0.25) is 4.68 Å². The summed E-state index contributed by atoms with van der Waals surface area (Å²) in [6.07, 6.45) is 3.42. The van der Waals surface area contributed by atoms with E-state index in [1.165, 1.54) is 6.20 Å². The lowest BCUT2D eigenvalue weighted by molar-refractivity contribution is 0.269. The van der Waals surface area contributed by atoms with E-state index >= 15 is 0 Å². The molecule has 1 atom stereocenters. The molecule has 20 heavy (non-hydrogen) atoms. The Morgan fingerprint density at radius 3 is 2.80 bits per heavy atom. The lowest BCUT2D eigenvalue weighted by Gasteiger charge is -2.31. The smallest absolute Gasteiger partial charge is 0.260 e. The van der Waals surface area contributed by atoms with Crippen LogP contribution < -0.4 is 5.73 Å². The Balaban J connectivity index is 0.00000200. The first-order valence-electron chi connectivity index (χ1n) is 6.70. The molecule has 1 aliphatic heterocycles. The highest BCUT2D eigenvalue weighted by Crippen LogP contribution is 2.24. The monoisotopic (exact) mass is 322 g/mol. The molecular weight excluding hydrogens is 300 g/mol. The van der Waals surface area contributed by atoms with E-state index in [-0.39, 0.29) is 29.4 Å². The lowest BCUT2D eigenvalue weighted by Crippen LogP contribution is -2.42. The average Bonchev–Trinajstić information content (AvgIpc) is 2.89. The van der Waals surface area contributed by atoms with Gasteiger partial charge in [-0.25, -0.2) is 8.42 Å². The second kappa shape index (κ2) is 6.89. The Morgan fingerprint density at radius 2 is 2.20 bits per heavy atom. The minimum Gasteiger partial charge on any atom is -0.330 e. The number of rotatable bonds is 4. The maximum absolute atomic E-state index is 12.7. The van der Waals surface area contributed by atoms with Crippen LogP contribution >= 0.6 is 12.4 Å². The van der Waals surface area contributed by atoms with E-state index in [2.05, 4.69) is 5.10 Å². The standard InChI is InChI=1S/C12H22N4O2S.ClH/c1-10(2)16-12(5-6-14-16)19(17,18)15-7-3-4-11(8-13)9-15;/h5-6,10-11H,3-4,7-9,13H2,1-2H3;1H. The van der Waals surface area contributed by atoms with Crippen LogP contribution in [-0.4, -0.2) is 42.1 Å². The van der Waals surface area contributed by atoms with E-state index in [4.69, 9.17) is 5.73 Å². The summed E-state index contributed by atoms with van der Waals surface area (Å²) in [5, 5.41) is 4.38. The van der Waals surface area contributed by atoms with Gasteiger partial charge in [0.25, 0.3) is 10.0 Å². The van der Waals surface area contributed by atoms with Crippen molar-refractivity contribution in [3.63, 3.8) is 0 Å². The van der Waals surface area contributed by atoms with Gasteiger partial charge in [0.1, 0.15) is 0 Å². The zero-order chi connectivity index (χ0) is 14.0. The summed E-state index contributed by atoms with van der Waals surface area (Å²) in [5.74, 6) is 0.263. The topological polar surface area (TPSA) is 81.2 Å². The highest BCUT2D eigenvalue weighted by atomic mass is 35.5. The largest absolute Gasteiger partial charge is 0.330 e. The SMILES string of the molecule is CC(C)n1nccc1S(=O)(=O)N1CCCC(CN)C1.Cl. The van der Waals surface area contributed by atoms with Crippen LogP contribution in [0, 0.1) is 5.92 Å². The van der Waals surface area contributed by atoms with Crippen molar-refractivity contribution < 1.29 is 8.42 Å². The maximum Gasteiger partial charge on any atom is 0.260 e. The Labute approximate surface area is 126 Å². The van der Waals surface area contributed by atoms with Gasteiger partial charge in [-0.1, -0.05) is 0 Å². The predicted octanol–water partition coefficient (Wildman–Crippen LogP) is 1.25. The molecule has 0 saturated carbocycles. The molecule has 0 amide bonds. The van der Waals surface area contributed by atoms with Crippen LogP contribution in [0.25, 0.3) is 0 Å². The number of nitrogens with two attached hydrogens (primary N) is 1. The molecule has 6 nitrogen and oxygen atoms in total. The number of hydrogen-bond donors (Lipinski definition) is 1. The molecule has 8 heteroatoms. The fourth-order valence-corrected chi connectivity index (χ4v) is 4.23. The van der Waals surface area contributed by atoms with Gasteiger partial charge in [-0.05, 0) is 45.2 Å². The van der Waals surface area contributed by atoms with E-state index in [0.29, 0.717) is 19.6 Å². The number of sulfonamides is 1. The summed E-state index contributed by atoms with van der Waals surface area (Å²) in [4.78, 5) is 0. The summed E-state index contributed by atoms with van der Waals surface area (Å²) in [7, 11) is -3.46. The first-order valence-corrected chi connectivity index (χ1v) is 8.14. The van der Waals surface area contributed by atoms with Crippen LogP contribution in [0.1, 0.15) is 32.7 Å². The Morgan fingerprint density at radius 1 is 1.50 bits per heavy atom. The number of piperidine rings is 1. The second-order valence-electron chi connectivity index (χ2n) is 5.31. The van der Waals surface area contributed by atoms with E-state index in [9.17, 15) is 8.42 Å². The van der Waals surface area contributed by atoms with E-state index in [0.717, 1.165) is 12.8 Å². The number of halogens is 1. The van der Waals surface area contributed by atoms with Crippen LogP contribution in [0.15, 0.2) is 17.3 Å². The molecule has 2 rings (SSSR count). The molecule has 2 N–H and O–H groups in total. The summed E-state index contributed by atoms with van der Waals surface area (Å²) < 4.78 is 28.4. The lowest BCUT2D eigenvalue weighted by atomic mass is 10.0. The third kappa shape index (κ3) is 3.33. The molecule has 0 radical (unpaired) electrons. The molecule has 116 valence electrons. The molecule has 1 fully saturated rings. The van der Waals surface area contributed by atoms with Crippen LogP contribution in [0.3, 0.4) is 0 Å². The van der Waals surface area contributed by atoms with E-state index in [1.807, 2.05) is 13.8 Å². The van der Waals surface area contributed by atoms with Gasteiger partial charge in [-0.2, -0.15) is 9.40 Å². The van der Waals surface area contributed by atoms with Crippen LogP contribution in [0.5, 0.6) is 0 Å². The van der Waals surface area contributed by atoms with Crippen LogP contribution in [0.4, 0.5) is 0 Å². The third-order valence-electron chi connectivity index (χ3n) is 3.54. The van der Waals surface area contributed by atoms with Crippen molar-refractivity contribution in [2.45, 2.75) is 37.8 Å². The van der Waals surface area contributed by atoms with Crippen molar-refractivity contribution in [3.8, 4) is 0 Å². The summed E-state index contributed by atoms with van der Waals surface area (Å²) >= 11 is 0. The van der Waals surface area contributed by atoms with Crippen molar-refractivity contribution in [2.24, 2.45) is 11.7 Å². The van der Waals surface area contributed by atoms with E-state index in [1.54, 1.807) is 15.1 Å². The summed E-state index contributed by atoms with van der Waals surface area (Å²) in [5.41, 5.74) is 5.67. The molecule has 1 aliphatic rings. The molecule has 1 unspecified atom stereocenters. The minimum atomic E-state index is -3.46. The van der Waals surface area contributed by atoms with Crippen molar-refractivity contribution in [1.29, 1.82) is 0 Å². The fourth-order valence-electron chi connectivity index (χ4n) is 2.46. The van der Waals surface area contributed by atoms with Gasteiger partial charge >= 0.3 is 0 Å². The third-order valence-corrected chi connectivity index (χ3v) is 5.41. The van der Waals surface area contributed by atoms with Gasteiger partial charge in [0.05, 0.1) is 6.20 Å².